The van der Waals surface area contributed by atoms with Gasteiger partial charge >= 0.3 is 0 Å². The first kappa shape index (κ1) is 27.6. The highest BCUT2D eigenvalue weighted by Crippen LogP contribution is 2.65. The predicted molar refractivity (Wildman–Crippen MR) is 148 cm³/mol. The number of allylic oxidation sites excluding steroid dienone is 1. The summed E-state index contributed by atoms with van der Waals surface area (Å²) in [6.45, 7) is 8.05. The number of phenols is 1. The van der Waals surface area contributed by atoms with Crippen molar-refractivity contribution in [2.45, 2.75) is 53.1 Å². The molecule has 0 bridgehead atoms. The number of ketones is 3. The van der Waals surface area contributed by atoms with Crippen LogP contribution in [0.4, 0.5) is 0 Å². The summed E-state index contributed by atoms with van der Waals surface area (Å²) in [4.78, 5) is 40.5. The number of methoxy groups -OCH3 is 1. The molecule has 8 heteroatoms. The molecular formula is C32H34O8. The van der Waals surface area contributed by atoms with Gasteiger partial charge in [0.05, 0.1) is 12.7 Å². The van der Waals surface area contributed by atoms with Gasteiger partial charge < -0.3 is 25.2 Å². The van der Waals surface area contributed by atoms with Crippen molar-refractivity contribution in [2.75, 3.05) is 7.11 Å². The minimum atomic E-state index is -2.62. The summed E-state index contributed by atoms with van der Waals surface area (Å²) in [7, 11) is 1.57. The molecule has 0 saturated heterocycles. The second kappa shape index (κ2) is 8.80. The van der Waals surface area contributed by atoms with E-state index in [0.29, 0.717) is 11.3 Å². The van der Waals surface area contributed by atoms with Gasteiger partial charge in [-0.2, -0.15) is 0 Å². The fourth-order valence-corrected chi connectivity index (χ4v) is 7.76. The molecule has 1 fully saturated rings. The highest BCUT2D eigenvalue weighted by molar-refractivity contribution is 6.24. The van der Waals surface area contributed by atoms with Crippen molar-refractivity contribution in [3.63, 3.8) is 0 Å². The lowest BCUT2D eigenvalue weighted by Gasteiger charge is -2.59. The molecule has 1 unspecified atom stereocenters. The molecule has 5 rings (SSSR count). The molecule has 2 aromatic rings. The van der Waals surface area contributed by atoms with Crippen molar-refractivity contribution in [3.8, 4) is 22.6 Å². The van der Waals surface area contributed by atoms with E-state index in [4.69, 9.17) is 4.74 Å². The van der Waals surface area contributed by atoms with Crippen LogP contribution in [0.2, 0.25) is 0 Å². The lowest BCUT2D eigenvalue weighted by molar-refractivity contribution is -0.178. The van der Waals surface area contributed by atoms with Gasteiger partial charge in [0, 0.05) is 22.3 Å². The maximum absolute atomic E-state index is 14.4. The van der Waals surface area contributed by atoms with Gasteiger partial charge in [0.1, 0.15) is 28.6 Å². The fourth-order valence-electron chi connectivity index (χ4n) is 7.76. The smallest absolute Gasteiger partial charge is 0.203 e. The van der Waals surface area contributed by atoms with Gasteiger partial charge in [-0.1, -0.05) is 45.9 Å². The van der Waals surface area contributed by atoms with E-state index < -0.39 is 56.8 Å². The normalized spacial score (nSPS) is 29.8. The topological polar surface area (TPSA) is 141 Å². The van der Waals surface area contributed by atoms with Crippen LogP contribution in [0.25, 0.3) is 16.9 Å². The first-order chi connectivity index (χ1) is 18.6. The number of aliphatic hydroxyl groups excluding tert-OH is 2. The highest BCUT2D eigenvalue weighted by Gasteiger charge is 2.72. The Morgan fingerprint density at radius 2 is 1.65 bits per heavy atom. The second-order valence-electron chi connectivity index (χ2n) is 12.2. The monoisotopic (exact) mass is 546 g/mol. The van der Waals surface area contributed by atoms with Gasteiger partial charge in [0.2, 0.25) is 5.78 Å². The number of carbonyl (C=O) groups is 3. The Labute approximate surface area is 232 Å². The summed E-state index contributed by atoms with van der Waals surface area (Å²) in [6.07, 6.45) is 0.251. The minimum Gasteiger partial charge on any atom is -0.508 e. The number of hydrogen-bond acceptors (Lipinski definition) is 8. The SMILES string of the molecule is COc1ccc(-c2ccc(O)c3c2C[C@]2(C)C[C@]4(C)C(C(C)C)C(=O)C(C(C)=O)=C(O)[C@]4(O)C(=O)C2=C3O)cc1. The van der Waals surface area contributed by atoms with Crippen molar-refractivity contribution in [1.82, 2.24) is 0 Å². The maximum Gasteiger partial charge on any atom is 0.203 e. The van der Waals surface area contributed by atoms with Crippen LogP contribution in [0.3, 0.4) is 0 Å². The molecule has 0 heterocycles. The number of aromatic hydroxyl groups is 1. The number of phenolic OH excluding ortho intramolecular Hbond substituents is 1. The van der Waals surface area contributed by atoms with E-state index in [1.54, 1.807) is 53.0 Å². The van der Waals surface area contributed by atoms with Gasteiger partial charge in [-0.25, -0.2) is 0 Å². The number of rotatable bonds is 4. The molecule has 40 heavy (non-hydrogen) atoms. The molecule has 210 valence electrons. The van der Waals surface area contributed by atoms with Crippen LogP contribution >= 0.6 is 0 Å². The highest BCUT2D eigenvalue weighted by atomic mass is 16.5. The predicted octanol–water partition coefficient (Wildman–Crippen LogP) is 4.87. The van der Waals surface area contributed by atoms with Gasteiger partial charge in [-0.3, -0.25) is 14.4 Å². The van der Waals surface area contributed by atoms with E-state index >= 15 is 0 Å². The summed E-state index contributed by atoms with van der Waals surface area (Å²) < 4.78 is 5.27. The zero-order chi connectivity index (χ0) is 29.5. The standard InChI is InChI=1S/C32H34O8/c1-15(2)24-26(35)22(16(3)33)28(37)32(39)29(38)25-27(36)23-20(13-30(25,4)14-31(24,32)5)19(11-12-21(23)34)17-7-9-18(40-6)10-8-17/h7-12,15,24,34,36-37,39H,13-14H2,1-6H3/t24?,30-,31-,32+/m1/s1. The van der Waals surface area contributed by atoms with Crippen molar-refractivity contribution >= 4 is 23.1 Å². The second-order valence-corrected chi connectivity index (χ2v) is 12.2. The van der Waals surface area contributed by atoms with Crippen LogP contribution in [0.5, 0.6) is 11.5 Å². The number of aliphatic hydroxyl groups is 3. The quantitative estimate of drug-likeness (QED) is 0.398. The van der Waals surface area contributed by atoms with E-state index in [1.807, 2.05) is 12.1 Å². The lowest BCUT2D eigenvalue weighted by Crippen LogP contribution is -2.69. The summed E-state index contributed by atoms with van der Waals surface area (Å²) in [5.41, 5.74) is -3.70. The third-order valence-electron chi connectivity index (χ3n) is 9.29. The fraction of sp³-hybridized carbons (Fsp3) is 0.406. The first-order valence-electron chi connectivity index (χ1n) is 13.3. The zero-order valence-electron chi connectivity index (χ0n) is 23.5. The zero-order valence-corrected chi connectivity index (χ0v) is 23.5. The third-order valence-corrected chi connectivity index (χ3v) is 9.29. The number of hydrogen-bond donors (Lipinski definition) is 4. The number of Topliss-reactive ketones (excluding diaryl/α,β-unsaturated/α-hetero) is 3. The van der Waals surface area contributed by atoms with Crippen LogP contribution in [0, 0.1) is 22.7 Å². The van der Waals surface area contributed by atoms with Crippen molar-refractivity contribution in [2.24, 2.45) is 22.7 Å². The Kier molecular flexibility index (Phi) is 6.08. The van der Waals surface area contributed by atoms with Crippen molar-refractivity contribution in [3.05, 3.63) is 64.4 Å². The maximum atomic E-state index is 14.4. The molecule has 0 aromatic heterocycles. The summed E-state index contributed by atoms with van der Waals surface area (Å²) in [6, 6.07) is 10.5. The Bertz CT molecular complexity index is 1550. The van der Waals surface area contributed by atoms with Crippen LogP contribution in [-0.4, -0.2) is 50.5 Å². The molecule has 4 N–H and O–H groups in total. The van der Waals surface area contributed by atoms with Gasteiger partial charge in [-0.05, 0) is 60.6 Å². The Hall–Kier alpha value is -3.91. The van der Waals surface area contributed by atoms with E-state index in [9.17, 15) is 34.8 Å². The molecule has 3 aliphatic carbocycles. The van der Waals surface area contributed by atoms with Crippen LogP contribution in [0.15, 0.2) is 53.3 Å². The van der Waals surface area contributed by atoms with Crippen molar-refractivity contribution < 1.29 is 39.5 Å². The molecule has 0 radical (unpaired) electrons. The number of carbonyl (C=O) groups excluding carboxylic acids is 3. The molecule has 0 aliphatic heterocycles. The molecule has 2 aromatic carbocycles. The summed E-state index contributed by atoms with van der Waals surface area (Å²) in [5, 5.41) is 45.9. The average Bonchev–Trinajstić information content (AvgIpc) is 2.86. The molecular weight excluding hydrogens is 512 g/mol. The largest absolute Gasteiger partial charge is 0.508 e. The lowest BCUT2D eigenvalue weighted by atomic mass is 9.43. The summed E-state index contributed by atoms with van der Waals surface area (Å²) >= 11 is 0. The van der Waals surface area contributed by atoms with E-state index in [-0.39, 0.29) is 35.6 Å². The van der Waals surface area contributed by atoms with Gasteiger partial charge in [-0.15, -0.1) is 0 Å². The number of fused-ring (bicyclic) bond motifs is 3. The van der Waals surface area contributed by atoms with Crippen LogP contribution in [0.1, 0.15) is 52.2 Å². The first-order valence-corrected chi connectivity index (χ1v) is 13.3. The Morgan fingerprint density at radius 1 is 1.02 bits per heavy atom. The molecule has 0 amide bonds. The molecule has 4 atom stereocenters. The summed E-state index contributed by atoms with van der Waals surface area (Å²) in [5.74, 6) is -4.71. The Morgan fingerprint density at radius 3 is 2.20 bits per heavy atom. The average molecular weight is 547 g/mol. The van der Waals surface area contributed by atoms with E-state index in [2.05, 4.69) is 0 Å². The molecule has 1 saturated carbocycles. The molecule has 8 nitrogen and oxygen atoms in total. The minimum absolute atomic E-state index is 0.0443. The Balaban J connectivity index is 1.80. The van der Waals surface area contributed by atoms with Crippen LogP contribution in [-0.2, 0) is 20.8 Å². The van der Waals surface area contributed by atoms with Crippen molar-refractivity contribution in [1.29, 1.82) is 0 Å². The van der Waals surface area contributed by atoms with Gasteiger partial charge in [0.15, 0.2) is 17.2 Å². The van der Waals surface area contributed by atoms with Gasteiger partial charge in [0.25, 0.3) is 0 Å². The molecule has 3 aliphatic rings. The van der Waals surface area contributed by atoms with E-state index in [0.717, 1.165) is 18.1 Å². The molecule has 0 spiro atoms. The van der Waals surface area contributed by atoms with Crippen LogP contribution < -0.4 is 4.74 Å². The van der Waals surface area contributed by atoms with E-state index in [1.165, 1.54) is 6.07 Å². The third kappa shape index (κ3) is 3.38. The number of benzene rings is 2. The number of ether oxygens (including phenoxy) is 1.